The van der Waals surface area contributed by atoms with Gasteiger partial charge in [-0.05, 0) is 30.7 Å². The zero-order valence-corrected chi connectivity index (χ0v) is 12.4. The Bertz CT molecular complexity index is 792. The van der Waals surface area contributed by atoms with Gasteiger partial charge >= 0.3 is 0 Å². The van der Waals surface area contributed by atoms with Crippen LogP contribution >= 0.6 is 0 Å². The number of para-hydroxylation sites is 2. The van der Waals surface area contributed by atoms with Gasteiger partial charge in [-0.1, -0.05) is 60.7 Å². The van der Waals surface area contributed by atoms with Crippen molar-refractivity contribution in [2.75, 3.05) is 0 Å². The topological polar surface area (TPSA) is 32.6 Å². The fourth-order valence-electron chi connectivity index (χ4n) is 2.36. The quantitative estimate of drug-likeness (QED) is 0.685. The van der Waals surface area contributed by atoms with Crippen molar-refractivity contribution in [3.8, 4) is 5.75 Å². The van der Waals surface area contributed by atoms with Gasteiger partial charge in [0.25, 0.3) is 0 Å². The molecule has 0 radical (unpaired) electrons. The molecule has 0 aliphatic heterocycles. The SMILES string of the molecule is Cc1cccc(C(=Nc2ccccc2)c2ccccc2)c1O. The molecule has 0 spiro atoms. The molecule has 108 valence electrons. The first-order valence-electron chi connectivity index (χ1n) is 7.24. The van der Waals surface area contributed by atoms with Crippen molar-refractivity contribution >= 4 is 11.4 Å². The molecule has 0 aromatic heterocycles. The number of phenolic OH excluding ortho intramolecular Hbond substituents is 1. The first-order valence-corrected chi connectivity index (χ1v) is 7.24. The zero-order valence-electron chi connectivity index (χ0n) is 12.4. The Morgan fingerprint density at radius 1 is 0.773 bits per heavy atom. The average Bonchev–Trinajstić information content (AvgIpc) is 2.57. The van der Waals surface area contributed by atoms with E-state index in [1.807, 2.05) is 85.8 Å². The summed E-state index contributed by atoms with van der Waals surface area (Å²) in [5.74, 6) is 0.279. The van der Waals surface area contributed by atoms with Crippen LogP contribution in [0.3, 0.4) is 0 Å². The average molecular weight is 287 g/mol. The Kier molecular flexibility index (Phi) is 4.01. The van der Waals surface area contributed by atoms with Crippen molar-refractivity contribution in [2.24, 2.45) is 4.99 Å². The minimum atomic E-state index is 0.279. The highest BCUT2D eigenvalue weighted by atomic mass is 16.3. The van der Waals surface area contributed by atoms with Crippen molar-refractivity contribution in [1.82, 2.24) is 0 Å². The lowest BCUT2D eigenvalue weighted by Crippen LogP contribution is -2.04. The second-order valence-corrected chi connectivity index (χ2v) is 5.13. The van der Waals surface area contributed by atoms with E-state index >= 15 is 0 Å². The van der Waals surface area contributed by atoms with Gasteiger partial charge in [0.2, 0.25) is 0 Å². The molecular weight excluding hydrogens is 270 g/mol. The van der Waals surface area contributed by atoms with Crippen LogP contribution in [0.15, 0.2) is 83.9 Å². The van der Waals surface area contributed by atoms with Crippen LogP contribution in [0.25, 0.3) is 0 Å². The van der Waals surface area contributed by atoms with Crippen LogP contribution in [0.2, 0.25) is 0 Å². The summed E-state index contributed by atoms with van der Waals surface area (Å²) in [7, 11) is 0. The molecule has 0 bridgehead atoms. The lowest BCUT2D eigenvalue weighted by Gasteiger charge is -2.11. The molecule has 0 atom stereocenters. The zero-order chi connectivity index (χ0) is 15.4. The summed E-state index contributed by atoms with van der Waals surface area (Å²) < 4.78 is 0. The minimum Gasteiger partial charge on any atom is -0.507 e. The Morgan fingerprint density at radius 2 is 1.41 bits per heavy atom. The van der Waals surface area contributed by atoms with Gasteiger partial charge < -0.3 is 5.11 Å². The van der Waals surface area contributed by atoms with E-state index in [9.17, 15) is 5.11 Å². The maximum absolute atomic E-state index is 10.4. The number of aromatic hydroxyl groups is 1. The van der Waals surface area contributed by atoms with Crippen LogP contribution in [-0.2, 0) is 0 Å². The molecular formula is C20H17NO. The maximum atomic E-state index is 10.4. The van der Waals surface area contributed by atoms with E-state index in [-0.39, 0.29) is 5.75 Å². The summed E-state index contributed by atoms with van der Waals surface area (Å²) in [6, 6.07) is 25.4. The third-order valence-corrected chi connectivity index (χ3v) is 3.54. The molecule has 3 rings (SSSR count). The summed E-state index contributed by atoms with van der Waals surface area (Å²) in [5.41, 5.74) is 4.20. The molecule has 0 saturated heterocycles. The molecule has 0 amide bonds. The number of nitrogens with zero attached hydrogens (tertiary/aromatic N) is 1. The van der Waals surface area contributed by atoms with Crippen molar-refractivity contribution in [1.29, 1.82) is 0 Å². The van der Waals surface area contributed by atoms with Crippen molar-refractivity contribution in [3.63, 3.8) is 0 Å². The highest BCUT2D eigenvalue weighted by Gasteiger charge is 2.13. The molecule has 3 aromatic carbocycles. The van der Waals surface area contributed by atoms with Gasteiger partial charge in [-0.25, -0.2) is 4.99 Å². The third kappa shape index (κ3) is 2.91. The van der Waals surface area contributed by atoms with Gasteiger partial charge in [0.05, 0.1) is 11.4 Å². The second kappa shape index (κ2) is 6.27. The number of phenols is 1. The van der Waals surface area contributed by atoms with Gasteiger partial charge in [0.15, 0.2) is 0 Å². The van der Waals surface area contributed by atoms with Crippen molar-refractivity contribution in [2.45, 2.75) is 6.92 Å². The molecule has 0 saturated carbocycles. The fourth-order valence-corrected chi connectivity index (χ4v) is 2.36. The normalized spacial score (nSPS) is 11.4. The summed E-state index contributed by atoms with van der Waals surface area (Å²) in [5, 5.41) is 10.4. The predicted molar refractivity (Wildman–Crippen MR) is 91.0 cm³/mol. The standard InChI is InChI=1S/C20H17NO/c1-15-9-8-14-18(20(15)22)19(16-10-4-2-5-11-16)21-17-12-6-3-7-13-17/h2-14,22H,1H3. The van der Waals surface area contributed by atoms with E-state index in [1.165, 1.54) is 0 Å². The number of benzene rings is 3. The van der Waals surface area contributed by atoms with Crippen LogP contribution in [0.5, 0.6) is 5.75 Å². The lowest BCUT2D eigenvalue weighted by atomic mass is 9.99. The number of hydrogen-bond donors (Lipinski definition) is 1. The van der Waals surface area contributed by atoms with E-state index in [0.29, 0.717) is 0 Å². The summed E-state index contributed by atoms with van der Waals surface area (Å²) in [6.07, 6.45) is 0. The van der Waals surface area contributed by atoms with E-state index in [2.05, 4.69) is 0 Å². The van der Waals surface area contributed by atoms with Gasteiger partial charge in [0.1, 0.15) is 5.75 Å². The number of aliphatic imine (C=N–C) groups is 1. The Hall–Kier alpha value is -2.87. The van der Waals surface area contributed by atoms with Gasteiger partial charge in [0, 0.05) is 11.1 Å². The highest BCUT2D eigenvalue weighted by Crippen LogP contribution is 2.26. The van der Waals surface area contributed by atoms with Crippen LogP contribution in [0.1, 0.15) is 16.7 Å². The number of aryl methyl sites for hydroxylation is 1. The Morgan fingerprint density at radius 3 is 2.09 bits per heavy atom. The molecule has 0 aliphatic carbocycles. The lowest BCUT2D eigenvalue weighted by molar-refractivity contribution is 0.470. The van der Waals surface area contributed by atoms with Crippen LogP contribution in [-0.4, -0.2) is 10.8 Å². The van der Waals surface area contributed by atoms with Gasteiger partial charge in [-0.2, -0.15) is 0 Å². The third-order valence-electron chi connectivity index (χ3n) is 3.54. The molecule has 0 fully saturated rings. The first-order chi connectivity index (χ1) is 10.8. The highest BCUT2D eigenvalue weighted by molar-refractivity contribution is 6.15. The van der Waals surface area contributed by atoms with Crippen LogP contribution in [0.4, 0.5) is 5.69 Å². The first kappa shape index (κ1) is 14.1. The van der Waals surface area contributed by atoms with E-state index in [4.69, 9.17) is 4.99 Å². The molecule has 0 heterocycles. The minimum absolute atomic E-state index is 0.279. The van der Waals surface area contributed by atoms with Gasteiger partial charge in [-0.3, -0.25) is 0 Å². The smallest absolute Gasteiger partial charge is 0.127 e. The van der Waals surface area contributed by atoms with Crippen molar-refractivity contribution < 1.29 is 5.11 Å². The summed E-state index contributed by atoms with van der Waals surface area (Å²) in [6.45, 7) is 1.89. The van der Waals surface area contributed by atoms with E-state index < -0.39 is 0 Å². The summed E-state index contributed by atoms with van der Waals surface area (Å²) >= 11 is 0. The summed E-state index contributed by atoms with van der Waals surface area (Å²) in [4.78, 5) is 4.76. The van der Waals surface area contributed by atoms with E-state index in [1.54, 1.807) is 0 Å². The second-order valence-electron chi connectivity index (χ2n) is 5.13. The number of rotatable bonds is 3. The van der Waals surface area contributed by atoms with Gasteiger partial charge in [-0.15, -0.1) is 0 Å². The predicted octanol–water partition coefficient (Wildman–Crippen LogP) is 4.87. The van der Waals surface area contributed by atoms with E-state index in [0.717, 1.165) is 28.1 Å². The molecule has 3 aromatic rings. The molecule has 0 unspecified atom stereocenters. The monoisotopic (exact) mass is 287 g/mol. The Labute approximate surface area is 130 Å². The molecule has 1 N–H and O–H groups in total. The fraction of sp³-hybridized carbons (Fsp3) is 0.0500. The van der Waals surface area contributed by atoms with Crippen molar-refractivity contribution in [3.05, 3.63) is 95.6 Å². The number of hydrogen-bond acceptors (Lipinski definition) is 2. The van der Waals surface area contributed by atoms with Crippen LogP contribution in [0, 0.1) is 6.92 Å². The van der Waals surface area contributed by atoms with Crippen LogP contribution < -0.4 is 0 Å². The molecule has 2 nitrogen and oxygen atoms in total. The maximum Gasteiger partial charge on any atom is 0.127 e. The molecule has 22 heavy (non-hydrogen) atoms. The Balaban J connectivity index is 2.20. The molecule has 0 aliphatic rings. The largest absolute Gasteiger partial charge is 0.507 e. The molecule has 2 heteroatoms.